The molecule has 3 rings (SSSR count). The highest BCUT2D eigenvalue weighted by molar-refractivity contribution is 5.93. The molecule has 0 radical (unpaired) electrons. The quantitative estimate of drug-likeness (QED) is 0.782. The third-order valence-electron chi connectivity index (χ3n) is 4.37. The molecule has 1 aromatic rings. The lowest BCUT2D eigenvalue weighted by molar-refractivity contribution is -0.133. The Labute approximate surface area is 131 Å². The van der Waals surface area contributed by atoms with Gasteiger partial charge in [-0.15, -0.1) is 0 Å². The molecular formula is C14H18F2N4O3. The van der Waals surface area contributed by atoms with E-state index in [1.807, 2.05) is 0 Å². The van der Waals surface area contributed by atoms with Crippen molar-refractivity contribution in [1.82, 2.24) is 19.6 Å². The largest absolute Gasteiger partial charge is 0.378 e. The highest BCUT2D eigenvalue weighted by Crippen LogP contribution is 2.23. The number of likely N-dealkylation sites (N-methyl/N-ethyl adjacent to an activating group) is 1. The Balaban J connectivity index is 1.87. The van der Waals surface area contributed by atoms with E-state index in [1.54, 1.807) is 11.9 Å². The smallest absolute Gasteiger partial charge is 0.282 e. The molecule has 2 aliphatic heterocycles. The number of halogens is 2. The molecule has 2 bridgehead atoms. The van der Waals surface area contributed by atoms with Gasteiger partial charge in [-0.05, 0) is 6.07 Å². The molecule has 1 aromatic heterocycles. The Morgan fingerprint density at radius 3 is 2.74 bits per heavy atom. The van der Waals surface area contributed by atoms with Crippen molar-refractivity contribution in [3.05, 3.63) is 17.5 Å². The van der Waals surface area contributed by atoms with Gasteiger partial charge in [0.25, 0.3) is 12.3 Å². The maximum Gasteiger partial charge on any atom is 0.282 e. The molecule has 0 unspecified atom stereocenters. The Kier molecular flexibility index (Phi) is 4.05. The van der Waals surface area contributed by atoms with Gasteiger partial charge in [-0.25, -0.2) is 8.78 Å². The fourth-order valence-electron chi connectivity index (χ4n) is 3.02. The van der Waals surface area contributed by atoms with E-state index in [4.69, 9.17) is 4.74 Å². The highest BCUT2D eigenvalue weighted by Gasteiger charge is 2.39. The third kappa shape index (κ3) is 2.80. The van der Waals surface area contributed by atoms with Gasteiger partial charge in [-0.3, -0.25) is 14.3 Å². The minimum atomic E-state index is -2.73. The summed E-state index contributed by atoms with van der Waals surface area (Å²) < 4.78 is 32.1. The second-order valence-electron chi connectivity index (χ2n) is 5.93. The van der Waals surface area contributed by atoms with Crippen LogP contribution in [-0.2, 0) is 16.6 Å². The fraction of sp³-hybridized carbons (Fsp3) is 0.643. The van der Waals surface area contributed by atoms with Crippen molar-refractivity contribution in [2.24, 2.45) is 13.0 Å². The monoisotopic (exact) mass is 328 g/mol. The second kappa shape index (κ2) is 5.88. The molecule has 9 heteroatoms. The zero-order chi connectivity index (χ0) is 16.7. The lowest BCUT2D eigenvalue weighted by Crippen LogP contribution is -2.45. The minimum absolute atomic E-state index is 0.0546. The van der Waals surface area contributed by atoms with Gasteiger partial charge < -0.3 is 14.5 Å². The van der Waals surface area contributed by atoms with Crippen molar-refractivity contribution in [1.29, 1.82) is 0 Å². The number of aromatic nitrogens is 2. The van der Waals surface area contributed by atoms with E-state index in [0.717, 1.165) is 10.7 Å². The molecule has 0 spiro atoms. The first-order valence-electron chi connectivity index (χ1n) is 7.34. The van der Waals surface area contributed by atoms with Gasteiger partial charge in [0.05, 0.1) is 25.2 Å². The van der Waals surface area contributed by atoms with Crippen molar-refractivity contribution in [3.63, 3.8) is 0 Å². The summed E-state index contributed by atoms with van der Waals surface area (Å²) >= 11 is 0. The SMILES string of the molecule is CN1C(=O)[C@H]2COC[C@@H]1CN(C(=O)c1cc(C(F)F)nn1C)C2. The molecule has 0 N–H and O–H groups in total. The van der Waals surface area contributed by atoms with Crippen molar-refractivity contribution < 1.29 is 23.1 Å². The standard InChI is InChI=1S/C14H18F2N4O3/c1-18-9-5-20(4-8(13(18)21)6-23-7-9)14(22)11-3-10(12(15)16)17-19(11)2/h3,8-9,12H,4-7H2,1-2H3/t8-,9+/m1/s1. The lowest BCUT2D eigenvalue weighted by Gasteiger charge is -2.29. The van der Waals surface area contributed by atoms with Gasteiger partial charge in [-0.2, -0.15) is 5.10 Å². The van der Waals surface area contributed by atoms with E-state index in [2.05, 4.69) is 5.10 Å². The van der Waals surface area contributed by atoms with Crippen molar-refractivity contribution in [2.75, 3.05) is 33.4 Å². The van der Waals surface area contributed by atoms with Gasteiger partial charge in [-0.1, -0.05) is 0 Å². The van der Waals surface area contributed by atoms with E-state index in [1.165, 1.54) is 11.9 Å². The summed E-state index contributed by atoms with van der Waals surface area (Å²) in [5.74, 6) is -0.882. The average molecular weight is 328 g/mol. The first-order valence-corrected chi connectivity index (χ1v) is 7.34. The highest BCUT2D eigenvalue weighted by atomic mass is 19.3. The predicted molar refractivity (Wildman–Crippen MR) is 74.9 cm³/mol. The summed E-state index contributed by atoms with van der Waals surface area (Å²) in [6.07, 6.45) is -2.73. The molecule has 3 heterocycles. The summed E-state index contributed by atoms with van der Waals surface area (Å²) in [7, 11) is 3.15. The van der Waals surface area contributed by atoms with Gasteiger partial charge in [0.1, 0.15) is 11.4 Å². The molecule has 2 amide bonds. The maximum absolute atomic E-state index is 12.8. The summed E-state index contributed by atoms with van der Waals surface area (Å²) in [4.78, 5) is 28.1. The number of alkyl halides is 2. The molecule has 126 valence electrons. The first kappa shape index (κ1) is 15.9. The van der Waals surface area contributed by atoms with Crippen LogP contribution in [-0.4, -0.2) is 70.8 Å². The van der Waals surface area contributed by atoms with Crippen LogP contribution < -0.4 is 0 Å². The van der Waals surface area contributed by atoms with E-state index in [9.17, 15) is 18.4 Å². The van der Waals surface area contributed by atoms with E-state index >= 15 is 0 Å². The number of amides is 2. The van der Waals surface area contributed by atoms with Crippen LogP contribution in [0.5, 0.6) is 0 Å². The number of fused-ring (bicyclic) bond motifs is 3. The molecule has 2 aliphatic rings. The second-order valence-corrected chi connectivity index (χ2v) is 5.93. The zero-order valence-electron chi connectivity index (χ0n) is 12.9. The average Bonchev–Trinajstić information content (AvgIpc) is 2.77. The Bertz CT molecular complexity index is 634. The van der Waals surface area contributed by atoms with Crippen molar-refractivity contribution in [3.8, 4) is 0 Å². The molecule has 2 atom stereocenters. The summed E-state index contributed by atoms with van der Waals surface area (Å²) in [5.41, 5.74) is -0.335. The number of rotatable bonds is 2. The molecule has 7 nitrogen and oxygen atoms in total. The number of carbonyl (C=O) groups is 2. The number of aryl methyl sites for hydroxylation is 1. The van der Waals surface area contributed by atoms with Crippen LogP contribution in [0.4, 0.5) is 8.78 Å². The summed E-state index contributed by atoms with van der Waals surface area (Å²) in [5, 5.41) is 3.67. The van der Waals surface area contributed by atoms with Crippen LogP contribution in [0.25, 0.3) is 0 Å². The van der Waals surface area contributed by atoms with Crippen molar-refractivity contribution in [2.45, 2.75) is 12.5 Å². The summed E-state index contributed by atoms with van der Waals surface area (Å²) in [6.45, 7) is 1.15. The van der Waals surface area contributed by atoms with Gasteiger partial charge in [0, 0.05) is 27.2 Å². The molecule has 0 aliphatic carbocycles. The maximum atomic E-state index is 12.8. The first-order chi connectivity index (χ1) is 10.9. The molecule has 2 fully saturated rings. The predicted octanol–water partition coefficient (Wildman–Crippen LogP) is 0.287. The van der Waals surface area contributed by atoms with Gasteiger partial charge in [0.15, 0.2) is 0 Å². The summed E-state index contributed by atoms with van der Waals surface area (Å²) in [6, 6.07) is 0.872. The van der Waals surface area contributed by atoms with Crippen LogP contribution in [0.1, 0.15) is 22.6 Å². The molecule has 2 saturated heterocycles. The third-order valence-corrected chi connectivity index (χ3v) is 4.37. The number of ether oxygens (including phenoxy) is 1. The van der Waals surface area contributed by atoms with E-state index in [-0.39, 0.29) is 30.8 Å². The number of hydrogen-bond acceptors (Lipinski definition) is 4. The van der Waals surface area contributed by atoms with E-state index in [0.29, 0.717) is 13.2 Å². The molecule has 0 aromatic carbocycles. The topological polar surface area (TPSA) is 67.7 Å². The molecular weight excluding hydrogens is 310 g/mol. The van der Waals surface area contributed by atoms with Crippen LogP contribution >= 0.6 is 0 Å². The van der Waals surface area contributed by atoms with Gasteiger partial charge in [0.2, 0.25) is 5.91 Å². The van der Waals surface area contributed by atoms with Crippen LogP contribution in [0.2, 0.25) is 0 Å². The van der Waals surface area contributed by atoms with Crippen LogP contribution in [0, 0.1) is 5.92 Å². The fourth-order valence-corrected chi connectivity index (χ4v) is 3.02. The Morgan fingerprint density at radius 2 is 2.09 bits per heavy atom. The minimum Gasteiger partial charge on any atom is -0.378 e. The lowest BCUT2D eigenvalue weighted by atomic mass is 10.1. The molecule has 23 heavy (non-hydrogen) atoms. The molecule has 0 saturated carbocycles. The number of hydrogen-bond donors (Lipinski definition) is 0. The Morgan fingerprint density at radius 1 is 1.35 bits per heavy atom. The van der Waals surface area contributed by atoms with Crippen molar-refractivity contribution >= 4 is 11.8 Å². The van der Waals surface area contributed by atoms with Crippen LogP contribution in [0.15, 0.2) is 6.07 Å². The number of nitrogens with zero attached hydrogens (tertiary/aromatic N) is 4. The zero-order valence-corrected chi connectivity index (χ0v) is 12.9. The van der Waals surface area contributed by atoms with E-state index < -0.39 is 23.9 Å². The van der Waals surface area contributed by atoms with Gasteiger partial charge >= 0.3 is 0 Å². The number of carbonyl (C=O) groups excluding carboxylic acids is 2. The normalized spacial score (nSPS) is 25.0. The Hall–Kier alpha value is -2.03. The van der Waals surface area contributed by atoms with Crippen LogP contribution in [0.3, 0.4) is 0 Å².